The van der Waals surface area contributed by atoms with E-state index < -0.39 is 6.03 Å². The van der Waals surface area contributed by atoms with Crippen LogP contribution in [0.25, 0.3) is 0 Å². The molecule has 2 aromatic carbocycles. The number of rotatable bonds is 10. The lowest BCUT2D eigenvalue weighted by Gasteiger charge is -2.27. The lowest BCUT2D eigenvalue weighted by molar-refractivity contribution is -0.133. The number of carbonyl (C=O) groups is 2. The van der Waals surface area contributed by atoms with Gasteiger partial charge in [-0.2, -0.15) is 0 Å². The van der Waals surface area contributed by atoms with Gasteiger partial charge in [-0.1, -0.05) is 23.7 Å². The number of aryl methyl sites for hydroxylation is 1. The van der Waals surface area contributed by atoms with Crippen molar-refractivity contribution in [2.75, 3.05) is 38.9 Å². The average molecular weight is 514 g/mol. The minimum Gasteiger partial charge on any atom is -0.467 e. The van der Waals surface area contributed by atoms with Crippen LogP contribution in [0.1, 0.15) is 16.9 Å². The largest absolute Gasteiger partial charge is 0.467 e. The quantitative estimate of drug-likeness (QED) is 0.423. The van der Waals surface area contributed by atoms with E-state index >= 15 is 0 Å². The molecule has 0 spiro atoms. The highest BCUT2D eigenvalue weighted by Crippen LogP contribution is 2.33. The Kier molecular flexibility index (Phi) is 8.35. The number of hydrogen-bond acceptors (Lipinski definition) is 6. The standard InChI is InChI=1S/C26H28ClN3O6/c1-18-5-7-20(13-22(18)27)28-26(32)29(9-11-33-2)16-25(31)30(15-21-4-3-10-34-21)14-19-6-8-23-24(12-19)36-17-35-23/h3-8,10,12-13H,9,11,14-17H2,1-2H3,(H,28,32). The number of furan rings is 1. The van der Waals surface area contributed by atoms with Crippen molar-refractivity contribution in [1.29, 1.82) is 0 Å². The van der Waals surface area contributed by atoms with E-state index in [1.165, 1.54) is 4.90 Å². The van der Waals surface area contributed by atoms with Crippen molar-refractivity contribution in [2.45, 2.75) is 20.0 Å². The SMILES string of the molecule is COCCN(CC(=O)N(Cc1ccc2c(c1)OCO2)Cc1ccco1)C(=O)Nc1ccc(C)c(Cl)c1. The number of anilines is 1. The van der Waals surface area contributed by atoms with Crippen LogP contribution in [0.3, 0.4) is 0 Å². The zero-order chi connectivity index (χ0) is 25.5. The van der Waals surface area contributed by atoms with E-state index in [-0.39, 0.29) is 38.9 Å². The number of nitrogens with zero attached hydrogens (tertiary/aromatic N) is 2. The molecule has 1 aliphatic rings. The molecule has 4 rings (SSSR count). The van der Waals surface area contributed by atoms with Gasteiger partial charge in [-0.3, -0.25) is 4.79 Å². The lowest BCUT2D eigenvalue weighted by Crippen LogP contribution is -2.45. The zero-order valence-corrected chi connectivity index (χ0v) is 20.9. The van der Waals surface area contributed by atoms with Gasteiger partial charge >= 0.3 is 6.03 Å². The molecule has 190 valence electrons. The van der Waals surface area contributed by atoms with Gasteiger partial charge in [0, 0.05) is 30.9 Å². The Morgan fingerprint density at radius 1 is 1.06 bits per heavy atom. The number of nitrogens with one attached hydrogen (secondary N) is 1. The molecule has 9 nitrogen and oxygen atoms in total. The van der Waals surface area contributed by atoms with E-state index in [1.54, 1.807) is 42.5 Å². The molecule has 0 aliphatic carbocycles. The summed E-state index contributed by atoms with van der Waals surface area (Å²) < 4.78 is 21.5. The van der Waals surface area contributed by atoms with Crippen molar-refractivity contribution in [3.8, 4) is 11.5 Å². The van der Waals surface area contributed by atoms with Crippen molar-refractivity contribution in [3.63, 3.8) is 0 Å². The maximum Gasteiger partial charge on any atom is 0.322 e. The Morgan fingerprint density at radius 2 is 1.89 bits per heavy atom. The number of methoxy groups -OCH3 is 1. The molecule has 0 atom stereocenters. The number of amides is 3. The summed E-state index contributed by atoms with van der Waals surface area (Å²) >= 11 is 6.19. The Labute approximate surface area is 214 Å². The highest BCUT2D eigenvalue weighted by atomic mass is 35.5. The second-order valence-electron chi connectivity index (χ2n) is 8.33. The molecule has 10 heteroatoms. The molecule has 1 aromatic heterocycles. The van der Waals surface area contributed by atoms with Gasteiger partial charge in [-0.15, -0.1) is 0 Å². The molecule has 0 radical (unpaired) electrons. The van der Waals surface area contributed by atoms with Crippen molar-refractivity contribution < 1.29 is 28.2 Å². The summed E-state index contributed by atoms with van der Waals surface area (Å²) in [5.41, 5.74) is 2.30. The summed E-state index contributed by atoms with van der Waals surface area (Å²) in [5.74, 6) is 1.68. The van der Waals surface area contributed by atoms with E-state index in [0.29, 0.717) is 34.5 Å². The fourth-order valence-electron chi connectivity index (χ4n) is 3.67. The van der Waals surface area contributed by atoms with E-state index in [2.05, 4.69) is 5.32 Å². The molecular weight excluding hydrogens is 486 g/mol. The zero-order valence-electron chi connectivity index (χ0n) is 20.2. The highest BCUT2D eigenvalue weighted by molar-refractivity contribution is 6.31. The smallest absolute Gasteiger partial charge is 0.322 e. The van der Waals surface area contributed by atoms with Crippen LogP contribution in [0.5, 0.6) is 11.5 Å². The molecule has 1 N–H and O–H groups in total. The van der Waals surface area contributed by atoms with E-state index in [4.69, 9.17) is 30.2 Å². The number of ether oxygens (including phenoxy) is 3. The summed E-state index contributed by atoms with van der Waals surface area (Å²) in [6, 6.07) is 13.9. The maximum atomic E-state index is 13.5. The minimum atomic E-state index is -0.429. The van der Waals surface area contributed by atoms with Crippen molar-refractivity contribution in [2.24, 2.45) is 0 Å². The number of halogens is 1. The number of benzene rings is 2. The van der Waals surface area contributed by atoms with E-state index in [1.807, 2.05) is 31.2 Å². The van der Waals surface area contributed by atoms with E-state index in [0.717, 1.165) is 11.1 Å². The van der Waals surface area contributed by atoms with Gasteiger partial charge in [0.15, 0.2) is 11.5 Å². The molecule has 0 fully saturated rings. The molecule has 0 saturated heterocycles. The number of hydrogen-bond donors (Lipinski definition) is 1. The number of fused-ring (bicyclic) bond motifs is 1. The second-order valence-corrected chi connectivity index (χ2v) is 8.73. The van der Waals surface area contributed by atoms with Crippen molar-refractivity contribution in [3.05, 3.63) is 76.7 Å². The fourth-order valence-corrected chi connectivity index (χ4v) is 3.85. The summed E-state index contributed by atoms with van der Waals surface area (Å²) in [6.07, 6.45) is 1.56. The topological polar surface area (TPSA) is 93.5 Å². The van der Waals surface area contributed by atoms with Crippen LogP contribution in [0.4, 0.5) is 10.5 Å². The third-order valence-corrected chi connectivity index (χ3v) is 6.10. The molecule has 0 unspecified atom stereocenters. The van der Waals surface area contributed by atoms with Crippen LogP contribution in [0.2, 0.25) is 5.02 Å². The number of carbonyl (C=O) groups excluding carboxylic acids is 2. The Bertz CT molecular complexity index is 1200. The van der Waals surface area contributed by atoms with Gasteiger partial charge in [0.1, 0.15) is 12.3 Å². The minimum absolute atomic E-state index is 0.153. The molecule has 1 aliphatic heterocycles. The van der Waals surface area contributed by atoms with Crippen LogP contribution in [0.15, 0.2) is 59.2 Å². The molecule has 3 amide bonds. The summed E-state index contributed by atoms with van der Waals surface area (Å²) in [6.45, 7) is 2.94. The summed E-state index contributed by atoms with van der Waals surface area (Å²) in [4.78, 5) is 29.6. The summed E-state index contributed by atoms with van der Waals surface area (Å²) in [5, 5.41) is 3.36. The average Bonchev–Trinajstić information content (AvgIpc) is 3.55. The molecule has 3 aromatic rings. The van der Waals surface area contributed by atoms with Gasteiger partial charge < -0.3 is 33.7 Å². The predicted octanol–water partition coefficient (Wildman–Crippen LogP) is 4.68. The Balaban J connectivity index is 1.49. The Morgan fingerprint density at radius 3 is 2.64 bits per heavy atom. The molecule has 36 heavy (non-hydrogen) atoms. The fraction of sp³-hybridized carbons (Fsp3) is 0.308. The monoisotopic (exact) mass is 513 g/mol. The van der Waals surface area contributed by atoms with Crippen LogP contribution in [-0.4, -0.2) is 55.3 Å². The maximum absolute atomic E-state index is 13.5. The third-order valence-electron chi connectivity index (χ3n) is 5.69. The van der Waals surface area contributed by atoms with Crippen LogP contribution in [0, 0.1) is 6.92 Å². The third kappa shape index (κ3) is 6.50. The van der Waals surface area contributed by atoms with Crippen LogP contribution in [-0.2, 0) is 22.6 Å². The first-order valence-electron chi connectivity index (χ1n) is 11.4. The van der Waals surface area contributed by atoms with Crippen molar-refractivity contribution >= 4 is 29.2 Å². The lowest BCUT2D eigenvalue weighted by atomic mass is 10.2. The van der Waals surface area contributed by atoms with Gasteiger partial charge in [-0.05, 0) is 54.4 Å². The van der Waals surface area contributed by atoms with Crippen LogP contribution < -0.4 is 14.8 Å². The van der Waals surface area contributed by atoms with Gasteiger partial charge in [0.25, 0.3) is 0 Å². The first-order chi connectivity index (χ1) is 17.4. The Hall–Kier alpha value is -3.69. The van der Waals surface area contributed by atoms with Gasteiger partial charge in [0.05, 0.1) is 19.4 Å². The molecule has 0 bridgehead atoms. The normalized spacial score (nSPS) is 11.9. The van der Waals surface area contributed by atoms with Crippen molar-refractivity contribution in [1.82, 2.24) is 9.80 Å². The highest BCUT2D eigenvalue weighted by Gasteiger charge is 2.24. The first kappa shape index (κ1) is 25.4. The van der Waals surface area contributed by atoms with Crippen LogP contribution >= 0.6 is 11.6 Å². The van der Waals surface area contributed by atoms with E-state index in [9.17, 15) is 9.59 Å². The summed E-state index contributed by atoms with van der Waals surface area (Å²) in [7, 11) is 1.54. The molecular formula is C26H28ClN3O6. The second kappa shape index (κ2) is 11.8. The first-order valence-corrected chi connectivity index (χ1v) is 11.8. The van der Waals surface area contributed by atoms with Gasteiger partial charge in [-0.25, -0.2) is 4.79 Å². The predicted molar refractivity (Wildman–Crippen MR) is 134 cm³/mol. The molecule has 0 saturated carbocycles. The molecule has 2 heterocycles. The van der Waals surface area contributed by atoms with Gasteiger partial charge in [0.2, 0.25) is 12.7 Å². The number of urea groups is 1.